The Balaban J connectivity index is 2.07. The van der Waals surface area contributed by atoms with E-state index in [0.29, 0.717) is 47.9 Å². The second kappa shape index (κ2) is 13.1. The molecule has 1 saturated heterocycles. The average Bonchev–Trinajstić information content (AvgIpc) is 3.18. The first-order valence-electron chi connectivity index (χ1n) is 12.9. The fourth-order valence-corrected chi connectivity index (χ4v) is 4.55. The van der Waals surface area contributed by atoms with Crippen molar-refractivity contribution < 1.29 is 28.9 Å². The Labute approximate surface area is 219 Å². The number of carbonyl (C=O) groups excluding carboxylic acids is 2. The third-order valence-corrected chi connectivity index (χ3v) is 6.64. The fourth-order valence-electron chi connectivity index (χ4n) is 4.55. The molecule has 8 heteroatoms. The topological polar surface area (TPSA) is 88.5 Å². The highest BCUT2D eigenvalue weighted by Gasteiger charge is 2.46. The number of aliphatic hydroxyl groups is 1. The molecule has 1 atom stereocenters. The lowest BCUT2D eigenvalue weighted by Crippen LogP contribution is -2.33. The summed E-state index contributed by atoms with van der Waals surface area (Å²) in [5, 5.41) is 11.3. The molecule has 1 N–H and O–H groups in total. The summed E-state index contributed by atoms with van der Waals surface area (Å²) in [4.78, 5) is 30.4. The van der Waals surface area contributed by atoms with Crippen LogP contribution in [0.3, 0.4) is 0 Å². The Morgan fingerprint density at radius 3 is 2.27 bits per heavy atom. The minimum absolute atomic E-state index is 0.0577. The summed E-state index contributed by atoms with van der Waals surface area (Å²) in [5.41, 5.74) is 1.15. The van der Waals surface area contributed by atoms with Crippen molar-refractivity contribution in [3.63, 3.8) is 0 Å². The summed E-state index contributed by atoms with van der Waals surface area (Å²) in [5.74, 6) is 0.169. The van der Waals surface area contributed by atoms with Gasteiger partial charge in [-0.2, -0.15) is 0 Å². The van der Waals surface area contributed by atoms with Crippen LogP contribution in [0.4, 0.5) is 0 Å². The maximum atomic E-state index is 13.3. The SMILES string of the molecule is CCCOc1ccc(C2/C(=C(/O)c3ccc(OC)cc3)C(=O)C(=O)N2CCCN(CC)CC)cc1OC. The monoisotopic (exact) mass is 510 g/mol. The number of nitrogens with zero attached hydrogens (tertiary/aromatic N) is 2. The van der Waals surface area contributed by atoms with Gasteiger partial charge in [0, 0.05) is 12.1 Å². The van der Waals surface area contributed by atoms with Gasteiger partial charge in [0.05, 0.1) is 32.4 Å². The Hall–Kier alpha value is -3.52. The summed E-state index contributed by atoms with van der Waals surface area (Å²) in [6.45, 7) is 9.75. The number of carbonyl (C=O) groups is 2. The highest BCUT2D eigenvalue weighted by atomic mass is 16.5. The second-order valence-electron chi connectivity index (χ2n) is 8.86. The minimum atomic E-state index is -0.757. The van der Waals surface area contributed by atoms with Crippen LogP contribution in [0.15, 0.2) is 48.0 Å². The smallest absolute Gasteiger partial charge is 0.295 e. The van der Waals surface area contributed by atoms with Crippen molar-refractivity contribution in [1.82, 2.24) is 9.80 Å². The van der Waals surface area contributed by atoms with E-state index in [4.69, 9.17) is 14.2 Å². The molecule has 2 aromatic rings. The number of hydrogen-bond donors (Lipinski definition) is 1. The highest BCUT2D eigenvalue weighted by molar-refractivity contribution is 6.46. The van der Waals surface area contributed by atoms with Gasteiger partial charge in [-0.25, -0.2) is 0 Å². The van der Waals surface area contributed by atoms with Gasteiger partial charge in [0.25, 0.3) is 11.7 Å². The van der Waals surface area contributed by atoms with Crippen molar-refractivity contribution in [1.29, 1.82) is 0 Å². The molecule has 1 amide bonds. The molecule has 200 valence electrons. The number of rotatable bonds is 13. The molecule has 1 unspecified atom stereocenters. The van der Waals surface area contributed by atoms with E-state index in [-0.39, 0.29) is 11.3 Å². The summed E-state index contributed by atoms with van der Waals surface area (Å²) >= 11 is 0. The van der Waals surface area contributed by atoms with Crippen molar-refractivity contribution >= 4 is 17.4 Å². The van der Waals surface area contributed by atoms with E-state index < -0.39 is 17.7 Å². The van der Waals surface area contributed by atoms with Gasteiger partial charge in [-0.1, -0.05) is 26.8 Å². The van der Waals surface area contributed by atoms with Crippen LogP contribution in [0.1, 0.15) is 50.8 Å². The lowest BCUT2D eigenvalue weighted by atomic mass is 9.95. The predicted molar refractivity (Wildman–Crippen MR) is 143 cm³/mol. The van der Waals surface area contributed by atoms with E-state index in [1.54, 1.807) is 55.5 Å². The van der Waals surface area contributed by atoms with E-state index >= 15 is 0 Å². The van der Waals surface area contributed by atoms with E-state index in [1.807, 2.05) is 13.0 Å². The highest BCUT2D eigenvalue weighted by Crippen LogP contribution is 2.42. The van der Waals surface area contributed by atoms with Gasteiger partial charge in [-0.05, 0) is 74.4 Å². The summed E-state index contributed by atoms with van der Waals surface area (Å²) < 4.78 is 16.6. The van der Waals surface area contributed by atoms with Gasteiger partial charge >= 0.3 is 0 Å². The number of benzene rings is 2. The molecule has 37 heavy (non-hydrogen) atoms. The molecule has 8 nitrogen and oxygen atoms in total. The molecule has 0 saturated carbocycles. The van der Waals surface area contributed by atoms with Crippen LogP contribution < -0.4 is 14.2 Å². The third kappa shape index (κ3) is 6.25. The second-order valence-corrected chi connectivity index (χ2v) is 8.86. The number of ether oxygens (including phenoxy) is 3. The zero-order valence-corrected chi connectivity index (χ0v) is 22.5. The first-order chi connectivity index (χ1) is 17.9. The van der Waals surface area contributed by atoms with Gasteiger partial charge < -0.3 is 29.1 Å². The molecule has 1 fully saturated rings. The lowest BCUT2D eigenvalue weighted by molar-refractivity contribution is -0.140. The number of hydrogen-bond acceptors (Lipinski definition) is 7. The Morgan fingerprint density at radius 2 is 1.68 bits per heavy atom. The minimum Gasteiger partial charge on any atom is -0.507 e. The number of aliphatic hydroxyl groups excluding tert-OH is 1. The predicted octanol–water partition coefficient (Wildman–Crippen LogP) is 4.65. The molecule has 3 rings (SSSR count). The van der Waals surface area contributed by atoms with Crippen LogP contribution in [0, 0.1) is 0 Å². The zero-order chi connectivity index (χ0) is 26.9. The first-order valence-corrected chi connectivity index (χ1v) is 12.9. The quantitative estimate of drug-likeness (QED) is 0.238. The zero-order valence-electron chi connectivity index (χ0n) is 22.5. The van der Waals surface area contributed by atoms with Gasteiger partial charge in [-0.3, -0.25) is 9.59 Å². The van der Waals surface area contributed by atoms with E-state index in [0.717, 1.165) is 26.1 Å². The molecule has 0 bridgehead atoms. The van der Waals surface area contributed by atoms with Gasteiger partial charge in [-0.15, -0.1) is 0 Å². The third-order valence-electron chi connectivity index (χ3n) is 6.64. The molecule has 0 aromatic heterocycles. The van der Waals surface area contributed by atoms with Crippen molar-refractivity contribution in [2.75, 3.05) is 47.0 Å². The Bertz CT molecular complexity index is 1110. The molecule has 0 spiro atoms. The summed E-state index contributed by atoms with van der Waals surface area (Å²) in [6, 6.07) is 11.4. The van der Waals surface area contributed by atoms with Crippen LogP contribution in [0.2, 0.25) is 0 Å². The fraction of sp³-hybridized carbons (Fsp3) is 0.448. The van der Waals surface area contributed by atoms with Crippen LogP contribution in [0.25, 0.3) is 5.76 Å². The number of methoxy groups -OCH3 is 2. The van der Waals surface area contributed by atoms with Crippen molar-refractivity contribution in [2.24, 2.45) is 0 Å². The number of ketones is 1. The molecule has 0 radical (unpaired) electrons. The standard InChI is InChI=1S/C29H38N2O6/c1-6-18-37-23-15-12-21(19-24(23)36-5)26-25(27(32)20-10-13-22(35-4)14-11-20)28(33)29(34)31(26)17-9-16-30(7-2)8-3/h10-15,19,26,32H,6-9,16-18H2,1-5H3/b27-25-. The molecule has 2 aromatic carbocycles. The normalized spacial score (nSPS) is 16.9. The van der Waals surface area contributed by atoms with Gasteiger partial charge in [0.15, 0.2) is 11.5 Å². The van der Waals surface area contributed by atoms with Crippen molar-refractivity contribution in [2.45, 2.75) is 39.7 Å². The molecule has 0 aliphatic carbocycles. The molecule has 1 heterocycles. The maximum Gasteiger partial charge on any atom is 0.295 e. The van der Waals surface area contributed by atoms with E-state index in [2.05, 4.69) is 18.7 Å². The molecule has 1 aliphatic heterocycles. The maximum absolute atomic E-state index is 13.3. The van der Waals surface area contributed by atoms with Gasteiger partial charge in [0.1, 0.15) is 11.5 Å². The van der Waals surface area contributed by atoms with Crippen molar-refractivity contribution in [3.8, 4) is 17.2 Å². The van der Waals surface area contributed by atoms with Crippen LogP contribution in [-0.4, -0.2) is 73.6 Å². The lowest BCUT2D eigenvalue weighted by Gasteiger charge is -2.27. The van der Waals surface area contributed by atoms with E-state index in [9.17, 15) is 14.7 Å². The van der Waals surface area contributed by atoms with E-state index in [1.165, 1.54) is 0 Å². The van der Waals surface area contributed by atoms with Crippen LogP contribution >= 0.6 is 0 Å². The Kier molecular flexibility index (Phi) is 9.97. The molecular formula is C29H38N2O6. The van der Waals surface area contributed by atoms with Crippen molar-refractivity contribution in [3.05, 3.63) is 59.2 Å². The Morgan fingerprint density at radius 1 is 0.973 bits per heavy atom. The number of Topliss-reactive ketones (excluding diaryl/α,β-unsaturated/α-hetero) is 1. The largest absolute Gasteiger partial charge is 0.507 e. The van der Waals surface area contributed by atoms with Crippen LogP contribution in [0.5, 0.6) is 17.2 Å². The van der Waals surface area contributed by atoms with Gasteiger partial charge in [0.2, 0.25) is 0 Å². The average molecular weight is 511 g/mol. The van der Waals surface area contributed by atoms with Crippen LogP contribution in [-0.2, 0) is 9.59 Å². The number of amides is 1. The first kappa shape index (κ1) is 28.1. The summed E-state index contributed by atoms with van der Waals surface area (Å²) in [7, 11) is 3.11. The molecule has 1 aliphatic rings. The molecular weight excluding hydrogens is 472 g/mol. The summed E-state index contributed by atoms with van der Waals surface area (Å²) in [6.07, 6.45) is 1.54. The number of likely N-dealkylation sites (tertiary alicyclic amines) is 1.